The van der Waals surface area contributed by atoms with Gasteiger partial charge >= 0.3 is 5.97 Å². The fourth-order valence-electron chi connectivity index (χ4n) is 4.41. The van der Waals surface area contributed by atoms with E-state index in [0.29, 0.717) is 11.8 Å². The summed E-state index contributed by atoms with van der Waals surface area (Å²) in [6.45, 7) is 8.26. The molecule has 1 aliphatic carbocycles. The van der Waals surface area contributed by atoms with Gasteiger partial charge in [-0.05, 0) is 49.1 Å². The molecule has 0 aromatic carbocycles. The monoisotopic (exact) mass is 482 g/mol. The summed E-state index contributed by atoms with van der Waals surface area (Å²) in [6.07, 6.45) is 4.64. The molecular formula is C24H26N4O5S. The molecule has 0 saturated heterocycles. The average Bonchev–Trinajstić information content (AvgIpc) is 3.49. The highest BCUT2D eigenvalue weighted by Crippen LogP contribution is 2.42. The molecule has 1 atom stereocenters. The Labute approximate surface area is 199 Å². The normalized spacial score (nSPS) is 16.1. The molecule has 178 valence electrons. The van der Waals surface area contributed by atoms with Crippen molar-refractivity contribution in [2.75, 3.05) is 0 Å². The molecular weight excluding hydrogens is 456 g/mol. The third-order valence-electron chi connectivity index (χ3n) is 6.46. The summed E-state index contributed by atoms with van der Waals surface area (Å²) in [5.74, 6) is 0.801. The van der Waals surface area contributed by atoms with Crippen LogP contribution in [0.25, 0.3) is 21.9 Å². The number of furan rings is 1. The van der Waals surface area contributed by atoms with Gasteiger partial charge in [-0.3, -0.25) is 4.79 Å². The van der Waals surface area contributed by atoms with Crippen LogP contribution < -0.4 is 5.56 Å². The Bertz CT molecular complexity index is 1450. The maximum Gasteiger partial charge on any atom is 0.343 e. The Kier molecular flexibility index (Phi) is 5.43. The van der Waals surface area contributed by atoms with Crippen molar-refractivity contribution in [1.82, 2.24) is 19.7 Å². The Morgan fingerprint density at radius 1 is 1.29 bits per heavy atom. The number of ether oxygens (including phenoxy) is 1. The van der Waals surface area contributed by atoms with Gasteiger partial charge in [-0.1, -0.05) is 20.8 Å². The van der Waals surface area contributed by atoms with Gasteiger partial charge in [0.05, 0.1) is 4.88 Å². The van der Waals surface area contributed by atoms with Crippen molar-refractivity contribution in [3.63, 3.8) is 0 Å². The van der Waals surface area contributed by atoms with E-state index in [1.807, 2.05) is 0 Å². The van der Waals surface area contributed by atoms with Crippen molar-refractivity contribution >= 4 is 28.4 Å². The summed E-state index contributed by atoms with van der Waals surface area (Å²) in [6, 6.07) is 2.14. The lowest BCUT2D eigenvalue weighted by Crippen LogP contribution is -2.26. The van der Waals surface area contributed by atoms with Gasteiger partial charge < -0.3 is 18.1 Å². The van der Waals surface area contributed by atoms with Crippen molar-refractivity contribution in [3.05, 3.63) is 50.4 Å². The highest BCUT2D eigenvalue weighted by atomic mass is 32.1. The van der Waals surface area contributed by atoms with Crippen LogP contribution in [0.5, 0.6) is 0 Å². The molecule has 1 unspecified atom stereocenters. The van der Waals surface area contributed by atoms with Crippen molar-refractivity contribution in [2.24, 2.45) is 18.4 Å². The molecule has 10 heteroatoms. The van der Waals surface area contributed by atoms with Crippen LogP contribution in [0.3, 0.4) is 0 Å². The topological polar surface area (TPSA) is 113 Å². The smallest absolute Gasteiger partial charge is 0.343 e. The van der Waals surface area contributed by atoms with Gasteiger partial charge in [-0.15, -0.1) is 21.5 Å². The number of esters is 1. The van der Waals surface area contributed by atoms with E-state index in [1.165, 1.54) is 27.8 Å². The largest absolute Gasteiger partial charge is 0.452 e. The first-order valence-corrected chi connectivity index (χ1v) is 12.0. The SMILES string of the molecule is Cc1oc2ncn(C)c(=O)c2c1C(=O)OCc1nnc(-c2cc3c(s2)CCC(C(C)(C)C)C3)o1. The molecule has 0 amide bonds. The predicted molar refractivity (Wildman–Crippen MR) is 126 cm³/mol. The number of aryl methyl sites for hydroxylation is 3. The van der Waals surface area contributed by atoms with E-state index in [4.69, 9.17) is 13.6 Å². The van der Waals surface area contributed by atoms with E-state index in [2.05, 4.69) is 42.0 Å². The molecule has 0 fully saturated rings. The number of fused-ring (bicyclic) bond motifs is 2. The van der Waals surface area contributed by atoms with E-state index in [0.717, 1.165) is 17.7 Å². The second-order valence-corrected chi connectivity index (χ2v) is 11.0. The number of aromatic nitrogens is 4. The van der Waals surface area contributed by atoms with E-state index < -0.39 is 5.97 Å². The number of hydrogen-bond donors (Lipinski definition) is 0. The van der Waals surface area contributed by atoms with Crippen LogP contribution in [0.4, 0.5) is 0 Å². The summed E-state index contributed by atoms with van der Waals surface area (Å²) >= 11 is 1.68. The molecule has 5 rings (SSSR count). The number of nitrogens with zero attached hydrogens (tertiary/aromatic N) is 4. The minimum absolute atomic E-state index is 0.0581. The molecule has 1 aliphatic rings. The lowest BCUT2D eigenvalue weighted by Gasteiger charge is -2.33. The van der Waals surface area contributed by atoms with Gasteiger partial charge in [0.15, 0.2) is 6.61 Å². The van der Waals surface area contributed by atoms with Gasteiger partial charge in [0.25, 0.3) is 17.3 Å². The van der Waals surface area contributed by atoms with Crippen LogP contribution in [-0.2, 0) is 31.2 Å². The summed E-state index contributed by atoms with van der Waals surface area (Å²) in [4.78, 5) is 31.6. The summed E-state index contributed by atoms with van der Waals surface area (Å²) in [5.41, 5.74) is 1.41. The minimum atomic E-state index is -0.707. The lowest BCUT2D eigenvalue weighted by atomic mass is 9.72. The van der Waals surface area contributed by atoms with E-state index in [-0.39, 0.29) is 45.9 Å². The van der Waals surface area contributed by atoms with Crippen LogP contribution in [0.2, 0.25) is 0 Å². The summed E-state index contributed by atoms with van der Waals surface area (Å²) in [5, 5.41) is 8.28. The Morgan fingerprint density at radius 2 is 2.09 bits per heavy atom. The van der Waals surface area contributed by atoms with Crippen LogP contribution in [0.1, 0.15) is 59.6 Å². The molecule has 9 nitrogen and oxygen atoms in total. The molecule has 34 heavy (non-hydrogen) atoms. The second-order valence-electron chi connectivity index (χ2n) is 9.82. The van der Waals surface area contributed by atoms with Crippen molar-refractivity contribution < 1.29 is 18.4 Å². The quantitative estimate of drug-likeness (QED) is 0.392. The standard InChI is InChI=1S/C24H26N4O5S/c1-12-18(19-21(32-12)25-11-28(5)22(19)29)23(30)31-10-17-26-27-20(33-17)16-9-13-8-14(24(2,3)4)6-7-15(13)34-16/h9,11,14H,6-8,10H2,1-5H3. The van der Waals surface area contributed by atoms with Crippen LogP contribution in [0, 0.1) is 18.3 Å². The summed E-state index contributed by atoms with van der Waals surface area (Å²) in [7, 11) is 1.55. The first kappa shape index (κ1) is 22.5. The molecule has 0 spiro atoms. The molecule has 0 radical (unpaired) electrons. The Morgan fingerprint density at radius 3 is 2.85 bits per heavy atom. The zero-order valence-electron chi connectivity index (χ0n) is 19.8. The maximum absolute atomic E-state index is 12.8. The van der Waals surface area contributed by atoms with Gasteiger partial charge in [0.1, 0.15) is 23.0 Å². The van der Waals surface area contributed by atoms with E-state index in [9.17, 15) is 9.59 Å². The van der Waals surface area contributed by atoms with Crippen LogP contribution >= 0.6 is 11.3 Å². The Balaban J connectivity index is 1.31. The number of carbonyl (C=O) groups excluding carboxylic acids is 1. The molecule has 0 N–H and O–H groups in total. The van der Waals surface area contributed by atoms with Gasteiger partial charge in [0, 0.05) is 11.9 Å². The van der Waals surface area contributed by atoms with Crippen molar-refractivity contribution in [3.8, 4) is 10.8 Å². The van der Waals surface area contributed by atoms with Crippen LogP contribution in [-0.4, -0.2) is 25.7 Å². The van der Waals surface area contributed by atoms with E-state index in [1.54, 1.807) is 25.3 Å². The van der Waals surface area contributed by atoms with Crippen LogP contribution in [0.15, 0.2) is 26.0 Å². The lowest BCUT2D eigenvalue weighted by molar-refractivity contribution is 0.0438. The average molecular weight is 483 g/mol. The molecule has 0 saturated carbocycles. The molecule has 4 aromatic rings. The number of hydrogen-bond acceptors (Lipinski definition) is 9. The molecule has 0 bridgehead atoms. The second kappa shape index (κ2) is 8.19. The van der Waals surface area contributed by atoms with Crippen molar-refractivity contribution in [1.29, 1.82) is 0 Å². The van der Waals surface area contributed by atoms with Gasteiger partial charge in [-0.2, -0.15) is 0 Å². The number of thiophene rings is 1. The van der Waals surface area contributed by atoms with Crippen molar-refractivity contribution in [2.45, 2.75) is 53.6 Å². The zero-order valence-corrected chi connectivity index (χ0v) is 20.6. The van der Waals surface area contributed by atoms with E-state index >= 15 is 0 Å². The molecule has 0 aliphatic heterocycles. The number of carbonyl (C=O) groups is 1. The predicted octanol–water partition coefficient (Wildman–Crippen LogP) is 4.45. The fourth-order valence-corrected chi connectivity index (χ4v) is 5.54. The third kappa shape index (κ3) is 3.96. The molecule has 4 heterocycles. The fraction of sp³-hybridized carbons (Fsp3) is 0.458. The summed E-state index contributed by atoms with van der Waals surface area (Å²) < 4.78 is 17.9. The number of rotatable bonds is 4. The highest BCUT2D eigenvalue weighted by molar-refractivity contribution is 7.15. The maximum atomic E-state index is 12.8. The zero-order chi connectivity index (χ0) is 24.2. The molecule has 4 aromatic heterocycles. The first-order chi connectivity index (χ1) is 16.1. The highest BCUT2D eigenvalue weighted by Gasteiger charge is 2.30. The Hall–Kier alpha value is -3.27. The van der Waals surface area contributed by atoms with Gasteiger partial charge in [-0.25, -0.2) is 9.78 Å². The minimum Gasteiger partial charge on any atom is -0.452 e. The van der Waals surface area contributed by atoms with Gasteiger partial charge in [0.2, 0.25) is 5.71 Å². The third-order valence-corrected chi connectivity index (χ3v) is 7.69. The first-order valence-electron chi connectivity index (χ1n) is 11.2.